The summed E-state index contributed by atoms with van der Waals surface area (Å²) in [6, 6.07) is 30.0. The number of nitrogens with zero attached hydrogens (tertiary/aromatic N) is 1. The van der Waals surface area contributed by atoms with E-state index in [2.05, 4.69) is 28.5 Å². The van der Waals surface area contributed by atoms with E-state index in [1.165, 1.54) is 0 Å². The van der Waals surface area contributed by atoms with Crippen LogP contribution >= 0.6 is 11.8 Å². The first-order valence-corrected chi connectivity index (χ1v) is 16.4. The number of amides is 2. The zero-order valence-corrected chi connectivity index (χ0v) is 26.3. The number of hydroxylamine groups is 1. The molecule has 1 aliphatic heterocycles. The molecule has 1 fully saturated rings. The number of aliphatic hydroxyl groups excluding tert-OH is 1. The van der Waals surface area contributed by atoms with Crippen LogP contribution in [0.5, 0.6) is 0 Å². The quantitative estimate of drug-likeness (QED) is 0.0550. The molecule has 5 rings (SSSR count). The number of hydrogen-bond donors (Lipinski definition) is 4. The molecule has 0 bridgehead atoms. The molecule has 4 aromatic rings. The summed E-state index contributed by atoms with van der Waals surface area (Å²) < 4.78 is 13.0. The van der Waals surface area contributed by atoms with Gasteiger partial charge in [0, 0.05) is 43.3 Å². The Balaban J connectivity index is 1.22. The predicted molar refractivity (Wildman–Crippen MR) is 176 cm³/mol. The van der Waals surface area contributed by atoms with Crippen LogP contribution in [0.3, 0.4) is 0 Å². The maximum Gasteiger partial charge on any atom is 0.243 e. The third kappa shape index (κ3) is 9.72. The van der Waals surface area contributed by atoms with Gasteiger partial charge in [-0.1, -0.05) is 72.8 Å². The molecule has 2 heterocycles. The van der Waals surface area contributed by atoms with Gasteiger partial charge < -0.3 is 19.9 Å². The van der Waals surface area contributed by atoms with Gasteiger partial charge in [-0.15, -0.1) is 11.8 Å². The van der Waals surface area contributed by atoms with Crippen molar-refractivity contribution in [2.75, 3.05) is 5.75 Å². The average molecular weight is 642 g/mol. The van der Waals surface area contributed by atoms with E-state index in [1.807, 2.05) is 72.8 Å². The molecule has 0 aliphatic carbocycles. The number of aromatic nitrogens is 1. The van der Waals surface area contributed by atoms with Gasteiger partial charge in [-0.3, -0.25) is 14.8 Å². The van der Waals surface area contributed by atoms with E-state index in [1.54, 1.807) is 23.4 Å². The largest absolute Gasteiger partial charge is 0.392 e. The zero-order valence-electron chi connectivity index (χ0n) is 25.5. The van der Waals surface area contributed by atoms with Gasteiger partial charge in [0.15, 0.2) is 6.29 Å². The van der Waals surface area contributed by atoms with Crippen molar-refractivity contribution in [3.05, 3.63) is 119 Å². The number of unbranched alkanes of at least 4 members (excludes halogenated alkanes) is 1. The van der Waals surface area contributed by atoms with Crippen LogP contribution in [0.1, 0.15) is 66.8 Å². The van der Waals surface area contributed by atoms with Crippen LogP contribution in [0.15, 0.2) is 102 Å². The lowest BCUT2D eigenvalue weighted by Gasteiger charge is -2.36. The molecule has 9 nitrogen and oxygen atoms in total. The summed E-state index contributed by atoms with van der Waals surface area (Å²) in [7, 11) is 0. The molecule has 240 valence electrons. The monoisotopic (exact) mass is 641 g/mol. The van der Waals surface area contributed by atoms with Crippen LogP contribution in [0, 0.1) is 0 Å². The molecule has 0 saturated carbocycles. The van der Waals surface area contributed by atoms with Crippen LogP contribution in [-0.2, 0) is 32.2 Å². The van der Waals surface area contributed by atoms with E-state index in [0.29, 0.717) is 32.2 Å². The molecule has 10 heteroatoms. The second-order valence-corrected chi connectivity index (χ2v) is 12.2. The highest BCUT2D eigenvalue weighted by Crippen LogP contribution is 2.39. The Bertz CT molecular complexity index is 1550. The number of pyridine rings is 1. The second kappa shape index (κ2) is 17.0. The van der Waals surface area contributed by atoms with E-state index in [4.69, 9.17) is 14.7 Å². The van der Waals surface area contributed by atoms with E-state index >= 15 is 0 Å². The molecular weight excluding hydrogens is 602 g/mol. The molecule has 3 unspecified atom stereocenters. The first kappa shape index (κ1) is 33.3. The lowest BCUT2D eigenvalue weighted by molar-refractivity contribution is -0.245. The number of thioether (sulfide) groups is 1. The molecule has 1 saturated heterocycles. The van der Waals surface area contributed by atoms with Crippen LogP contribution in [-0.4, -0.2) is 39.0 Å². The van der Waals surface area contributed by atoms with Crippen molar-refractivity contribution in [3.8, 4) is 11.1 Å². The smallest absolute Gasteiger partial charge is 0.243 e. The van der Waals surface area contributed by atoms with E-state index in [0.717, 1.165) is 44.2 Å². The maximum atomic E-state index is 12.3. The Morgan fingerprint density at radius 2 is 1.59 bits per heavy atom. The van der Waals surface area contributed by atoms with Gasteiger partial charge in [0.2, 0.25) is 11.8 Å². The first-order chi connectivity index (χ1) is 22.5. The van der Waals surface area contributed by atoms with Crippen molar-refractivity contribution < 1.29 is 29.4 Å². The summed E-state index contributed by atoms with van der Waals surface area (Å²) in [4.78, 5) is 27.8. The average Bonchev–Trinajstić information content (AvgIpc) is 3.12. The lowest BCUT2D eigenvalue weighted by atomic mass is 9.99. The molecule has 3 atom stereocenters. The van der Waals surface area contributed by atoms with Crippen molar-refractivity contribution in [2.24, 2.45) is 0 Å². The standard InChI is InChI=1S/C36H39N3O6S/c40-23-25-11-13-28(14-12-25)32-21-31(24-46-35-10-3-4-19-37-35)44-36(45-32)29-17-15-27(16-18-29)30-7-5-6-26(20-30)22-38-33(41)8-1-2-9-34(42)39-43/h3-7,10-20,31-32,36,40,43H,1-2,8-9,21-24H2,(H,38,41)(H,39,42). The number of aliphatic hydroxyl groups is 1. The molecule has 3 aromatic carbocycles. The van der Waals surface area contributed by atoms with E-state index < -0.39 is 12.2 Å². The molecular formula is C36H39N3O6S. The molecule has 0 spiro atoms. The van der Waals surface area contributed by atoms with Crippen molar-refractivity contribution in [3.63, 3.8) is 0 Å². The molecule has 1 aliphatic rings. The molecule has 0 radical (unpaired) electrons. The number of ether oxygens (including phenoxy) is 2. The Kier molecular flexibility index (Phi) is 12.3. The van der Waals surface area contributed by atoms with Crippen molar-refractivity contribution in [1.29, 1.82) is 0 Å². The molecule has 1 aromatic heterocycles. The minimum Gasteiger partial charge on any atom is -0.392 e. The van der Waals surface area contributed by atoms with Gasteiger partial charge in [-0.25, -0.2) is 10.5 Å². The van der Waals surface area contributed by atoms with E-state index in [9.17, 15) is 14.7 Å². The number of benzene rings is 3. The highest BCUT2D eigenvalue weighted by Gasteiger charge is 2.32. The topological polar surface area (TPSA) is 130 Å². The number of nitrogens with one attached hydrogen (secondary N) is 2. The zero-order chi connectivity index (χ0) is 32.1. The Labute approximate surface area is 273 Å². The first-order valence-electron chi connectivity index (χ1n) is 15.4. The highest BCUT2D eigenvalue weighted by atomic mass is 32.2. The maximum absolute atomic E-state index is 12.3. The molecule has 46 heavy (non-hydrogen) atoms. The number of carbonyl (C=O) groups is 2. The summed E-state index contributed by atoms with van der Waals surface area (Å²) in [6.07, 6.45) is 3.36. The van der Waals surface area contributed by atoms with Gasteiger partial charge in [0.25, 0.3) is 0 Å². The second-order valence-electron chi connectivity index (χ2n) is 11.2. The lowest BCUT2D eigenvalue weighted by Crippen LogP contribution is -2.31. The number of hydrogen-bond acceptors (Lipinski definition) is 8. The third-order valence-corrected chi connectivity index (χ3v) is 8.86. The van der Waals surface area contributed by atoms with Crippen LogP contribution in [0.25, 0.3) is 11.1 Å². The minimum absolute atomic E-state index is 0.000176. The fourth-order valence-electron chi connectivity index (χ4n) is 5.24. The molecule has 2 amide bonds. The van der Waals surface area contributed by atoms with Gasteiger partial charge in [-0.2, -0.15) is 0 Å². The van der Waals surface area contributed by atoms with Gasteiger partial charge >= 0.3 is 0 Å². The molecule has 4 N–H and O–H groups in total. The summed E-state index contributed by atoms with van der Waals surface area (Å²) in [5.74, 6) is 0.217. The van der Waals surface area contributed by atoms with Gasteiger partial charge in [-0.05, 0) is 58.9 Å². The van der Waals surface area contributed by atoms with Crippen LogP contribution in [0.2, 0.25) is 0 Å². The van der Waals surface area contributed by atoms with Crippen molar-refractivity contribution in [1.82, 2.24) is 15.8 Å². The minimum atomic E-state index is -0.542. The summed E-state index contributed by atoms with van der Waals surface area (Å²) in [6.45, 7) is 0.407. The van der Waals surface area contributed by atoms with Gasteiger partial charge in [0.05, 0.1) is 23.8 Å². The van der Waals surface area contributed by atoms with Crippen LogP contribution in [0.4, 0.5) is 0 Å². The third-order valence-electron chi connectivity index (χ3n) is 7.79. The summed E-state index contributed by atoms with van der Waals surface area (Å²) in [5.41, 5.74) is 7.48. The Hall–Kier alpha value is -4.06. The predicted octanol–water partition coefficient (Wildman–Crippen LogP) is 6.26. The highest BCUT2D eigenvalue weighted by molar-refractivity contribution is 7.99. The Morgan fingerprint density at radius 3 is 2.30 bits per heavy atom. The normalized spacial score (nSPS) is 17.7. The van der Waals surface area contributed by atoms with E-state index in [-0.39, 0.29) is 31.1 Å². The number of carbonyl (C=O) groups excluding carboxylic acids is 2. The van der Waals surface area contributed by atoms with Gasteiger partial charge in [0.1, 0.15) is 0 Å². The fourth-order valence-corrected chi connectivity index (χ4v) is 6.12. The van der Waals surface area contributed by atoms with Crippen molar-refractivity contribution in [2.45, 2.75) is 68.8 Å². The SMILES string of the molecule is O=C(CCCCC(=O)NCc1cccc(-c2ccc(C3OC(CSc4ccccn4)CC(c4ccc(CO)cc4)O3)cc2)c1)NO. The van der Waals surface area contributed by atoms with Crippen molar-refractivity contribution >= 4 is 23.6 Å². The summed E-state index contributed by atoms with van der Waals surface area (Å²) >= 11 is 1.67. The van der Waals surface area contributed by atoms with Crippen LogP contribution < -0.4 is 10.8 Å². The fraction of sp³-hybridized carbons (Fsp3) is 0.306. The number of rotatable bonds is 14. The summed E-state index contributed by atoms with van der Waals surface area (Å²) in [5, 5.41) is 21.9. The Morgan fingerprint density at radius 1 is 0.826 bits per heavy atom.